The summed E-state index contributed by atoms with van der Waals surface area (Å²) in [5.74, 6) is 0.643. The molecule has 0 aromatic carbocycles. The molecule has 2 heterocycles. The first-order valence-electron chi connectivity index (χ1n) is 4.78. The van der Waals surface area contributed by atoms with Crippen LogP contribution in [0, 0.1) is 0 Å². The molecule has 0 radical (unpaired) electrons. The summed E-state index contributed by atoms with van der Waals surface area (Å²) in [5.41, 5.74) is 0.518. The van der Waals surface area contributed by atoms with Crippen LogP contribution >= 0.6 is 0 Å². The molecule has 0 bridgehead atoms. The average molecular weight is 217 g/mol. The molecule has 0 saturated heterocycles. The van der Waals surface area contributed by atoms with Crippen molar-refractivity contribution >= 4 is 5.91 Å². The van der Waals surface area contributed by atoms with Crippen LogP contribution in [0.5, 0.6) is 0 Å². The summed E-state index contributed by atoms with van der Waals surface area (Å²) in [6, 6.07) is 1.63. The van der Waals surface area contributed by atoms with Gasteiger partial charge >= 0.3 is 0 Å². The van der Waals surface area contributed by atoms with Crippen molar-refractivity contribution in [3.63, 3.8) is 0 Å². The Morgan fingerprint density at radius 2 is 2.31 bits per heavy atom. The van der Waals surface area contributed by atoms with E-state index in [1.54, 1.807) is 30.4 Å². The number of nitrogens with one attached hydrogen (secondary N) is 1. The predicted octanol–water partition coefficient (Wildman–Crippen LogP) is 0.472. The fourth-order valence-electron chi connectivity index (χ4n) is 1.32. The van der Waals surface area contributed by atoms with E-state index in [2.05, 4.69) is 20.2 Å². The van der Waals surface area contributed by atoms with Gasteiger partial charge in [-0.15, -0.1) is 0 Å². The van der Waals surface area contributed by atoms with Crippen molar-refractivity contribution in [3.05, 3.63) is 42.2 Å². The molecule has 0 fully saturated rings. The lowest BCUT2D eigenvalue weighted by atomic mass is 10.3. The fraction of sp³-hybridized carbons (Fsp3) is 0.200. The molecular weight excluding hydrogens is 206 g/mol. The van der Waals surface area contributed by atoms with Gasteiger partial charge in [-0.3, -0.25) is 4.79 Å². The molecule has 82 valence electrons. The molecule has 2 aromatic heterocycles. The van der Waals surface area contributed by atoms with Gasteiger partial charge in [0.05, 0.1) is 24.5 Å². The lowest BCUT2D eigenvalue weighted by molar-refractivity contribution is 0.0781. The molecule has 2 rings (SSSR count). The van der Waals surface area contributed by atoms with E-state index in [0.717, 1.165) is 5.82 Å². The van der Waals surface area contributed by atoms with Crippen molar-refractivity contribution in [2.45, 2.75) is 6.54 Å². The molecule has 6 nitrogen and oxygen atoms in total. The van der Waals surface area contributed by atoms with Crippen LogP contribution in [0.25, 0.3) is 0 Å². The van der Waals surface area contributed by atoms with Crippen LogP contribution in [0.2, 0.25) is 0 Å². The van der Waals surface area contributed by atoms with Crippen molar-refractivity contribution in [1.29, 1.82) is 0 Å². The number of nitrogens with zero attached hydrogens (tertiary/aromatic N) is 4. The Labute approximate surface area is 92.3 Å². The zero-order chi connectivity index (χ0) is 11.4. The molecule has 0 spiro atoms. The van der Waals surface area contributed by atoms with E-state index in [1.165, 1.54) is 12.4 Å². The van der Waals surface area contributed by atoms with Gasteiger partial charge in [-0.05, 0) is 6.07 Å². The molecule has 0 atom stereocenters. The molecule has 6 heteroatoms. The van der Waals surface area contributed by atoms with Crippen molar-refractivity contribution < 1.29 is 4.79 Å². The SMILES string of the molecule is CN(Cc1ncc[nH]1)C(=O)c1ccnnc1. The minimum atomic E-state index is -0.105. The van der Waals surface area contributed by atoms with E-state index < -0.39 is 0 Å². The van der Waals surface area contributed by atoms with Crippen LogP contribution in [0.1, 0.15) is 16.2 Å². The molecule has 1 N–H and O–H groups in total. The maximum Gasteiger partial charge on any atom is 0.255 e. The third kappa shape index (κ3) is 2.22. The number of carbonyl (C=O) groups is 1. The zero-order valence-corrected chi connectivity index (χ0v) is 8.79. The molecule has 0 aliphatic rings. The van der Waals surface area contributed by atoms with E-state index in [-0.39, 0.29) is 5.91 Å². The monoisotopic (exact) mass is 217 g/mol. The molecule has 1 amide bonds. The summed E-state index contributed by atoms with van der Waals surface area (Å²) < 4.78 is 0. The maximum atomic E-state index is 11.9. The Kier molecular flexibility index (Phi) is 2.90. The van der Waals surface area contributed by atoms with Gasteiger partial charge in [0.2, 0.25) is 0 Å². The second kappa shape index (κ2) is 4.52. The molecule has 16 heavy (non-hydrogen) atoms. The summed E-state index contributed by atoms with van der Waals surface area (Å²) in [4.78, 5) is 20.4. The second-order valence-corrected chi connectivity index (χ2v) is 3.33. The van der Waals surface area contributed by atoms with Crippen LogP contribution in [-0.4, -0.2) is 38.0 Å². The lowest BCUT2D eigenvalue weighted by Crippen LogP contribution is -2.26. The van der Waals surface area contributed by atoms with Gasteiger partial charge in [-0.2, -0.15) is 10.2 Å². The first-order valence-corrected chi connectivity index (χ1v) is 4.78. The lowest BCUT2D eigenvalue weighted by Gasteiger charge is -2.15. The highest BCUT2D eigenvalue weighted by atomic mass is 16.2. The van der Waals surface area contributed by atoms with Gasteiger partial charge in [0.1, 0.15) is 5.82 Å². The van der Waals surface area contributed by atoms with Crippen LogP contribution < -0.4 is 0 Å². The Balaban J connectivity index is 2.05. The van der Waals surface area contributed by atoms with Gasteiger partial charge < -0.3 is 9.88 Å². The Hall–Kier alpha value is -2.24. The Bertz CT molecular complexity index is 453. The highest BCUT2D eigenvalue weighted by Gasteiger charge is 2.12. The number of H-pyrrole nitrogens is 1. The minimum Gasteiger partial charge on any atom is -0.347 e. The number of rotatable bonds is 3. The predicted molar refractivity (Wildman–Crippen MR) is 56.4 cm³/mol. The second-order valence-electron chi connectivity index (χ2n) is 3.33. The number of aromatic amines is 1. The van der Waals surface area contributed by atoms with Crippen LogP contribution in [-0.2, 0) is 6.54 Å². The molecule has 0 unspecified atom stereocenters. The van der Waals surface area contributed by atoms with E-state index in [1.807, 2.05) is 0 Å². The van der Waals surface area contributed by atoms with Crippen LogP contribution in [0.3, 0.4) is 0 Å². The van der Waals surface area contributed by atoms with E-state index in [0.29, 0.717) is 12.1 Å². The summed E-state index contributed by atoms with van der Waals surface area (Å²) in [6.07, 6.45) is 6.32. The summed E-state index contributed by atoms with van der Waals surface area (Å²) in [6.45, 7) is 0.439. The highest BCUT2D eigenvalue weighted by Crippen LogP contribution is 2.03. The molecule has 0 aliphatic carbocycles. The van der Waals surface area contributed by atoms with Gasteiger partial charge in [0.25, 0.3) is 5.91 Å². The van der Waals surface area contributed by atoms with Crippen molar-refractivity contribution in [3.8, 4) is 0 Å². The number of carbonyl (C=O) groups excluding carboxylic acids is 1. The summed E-state index contributed by atoms with van der Waals surface area (Å²) >= 11 is 0. The fourth-order valence-corrected chi connectivity index (χ4v) is 1.32. The average Bonchev–Trinajstić information content (AvgIpc) is 2.82. The van der Waals surface area contributed by atoms with Gasteiger partial charge in [0.15, 0.2) is 0 Å². The first kappa shape index (κ1) is 10.3. The minimum absolute atomic E-state index is 0.105. The Morgan fingerprint density at radius 1 is 1.44 bits per heavy atom. The smallest absolute Gasteiger partial charge is 0.255 e. The molecular formula is C10H11N5O. The van der Waals surface area contributed by atoms with Crippen molar-refractivity contribution in [2.75, 3.05) is 7.05 Å². The standard InChI is InChI=1S/C10H11N5O/c1-15(7-9-11-4-5-12-9)10(16)8-2-3-13-14-6-8/h2-6H,7H2,1H3,(H,11,12). The van der Waals surface area contributed by atoms with Crippen LogP contribution in [0.4, 0.5) is 0 Å². The number of hydrogen-bond donors (Lipinski definition) is 1. The number of aromatic nitrogens is 4. The highest BCUT2D eigenvalue weighted by molar-refractivity contribution is 5.93. The number of imidazole rings is 1. The summed E-state index contributed by atoms with van der Waals surface area (Å²) in [5, 5.41) is 7.29. The maximum absolute atomic E-state index is 11.9. The van der Waals surface area contributed by atoms with Crippen molar-refractivity contribution in [2.24, 2.45) is 0 Å². The van der Waals surface area contributed by atoms with E-state index >= 15 is 0 Å². The first-order chi connectivity index (χ1) is 7.77. The normalized spacial score (nSPS) is 10.1. The number of hydrogen-bond acceptors (Lipinski definition) is 4. The molecule has 0 aliphatic heterocycles. The number of amides is 1. The van der Waals surface area contributed by atoms with Crippen LogP contribution in [0.15, 0.2) is 30.9 Å². The topological polar surface area (TPSA) is 74.8 Å². The van der Waals surface area contributed by atoms with Crippen molar-refractivity contribution in [1.82, 2.24) is 25.1 Å². The Morgan fingerprint density at radius 3 is 2.94 bits per heavy atom. The third-order valence-electron chi connectivity index (χ3n) is 2.12. The third-order valence-corrected chi connectivity index (χ3v) is 2.12. The van der Waals surface area contributed by atoms with E-state index in [4.69, 9.17) is 0 Å². The van der Waals surface area contributed by atoms with Gasteiger partial charge in [-0.25, -0.2) is 4.98 Å². The molecule has 0 saturated carbocycles. The molecule has 2 aromatic rings. The van der Waals surface area contributed by atoms with Gasteiger partial charge in [-0.1, -0.05) is 0 Å². The zero-order valence-electron chi connectivity index (χ0n) is 8.79. The van der Waals surface area contributed by atoms with Gasteiger partial charge in [0, 0.05) is 19.4 Å². The largest absolute Gasteiger partial charge is 0.347 e. The summed E-state index contributed by atoms with van der Waals surface area (Å²) in [7, 11) is 1.71. The quantitative estimate of drug-likeness (QED) is 0.811. The van der Waals surface area contributed by atoms with E-state index in [9.17, 15) is 4.79 Å².